The molecule has 1 amide bonds. The number of benzene rings is 1. The molecule has 0 unspecified atom stereocenters. The summed E-state index contributed by atoms with van der Waals surface area (Å²) in [5.41, 5.74) is 6.19. The first-order valence-electron chi connectivity index (χ1n) is 10.9. The summed E-state index contributed by atoms with van der Waals surface area (Å²) >= 11 is 5.82. The summed E-state index contributed by atoms with van der Waals surface area (Å²) in [5, 5.41) is 6.97. The van der Waals surface area contributed by atoms with Crippen LogP contribution in [0.2, 0.25) is 0 Å². The zero-order chi connectivity index (χ0) is 23.5. The van der Waals surface area contributed by atoms with Crippen molar-refractivity contribution in [1.82, 2.24) is 14.9 Å². The minimum absolute atomic E-state index is 0.0819. The molecule has 33 heavy (non-hydrogen) atoms. The Morgan fingerprint density at radius 1 is 1.21 bits per heavy atom. The molecule has 1 aliphatic rings. The van der Waals surface area contributed by atoms with Crippen LogP contribution in [0.1, 0.15) is 41.7 Å². The van der Waals surface area contributed by atoms with Gasteiger partial charge < -0.3 is 24.8 Å². The predicted octanol–water partition coefficient (Wildman–Crippen LogP) is 4.28. The topological polar surface area (TPSA) is 71.4 Å². The van der Waals surface area contributed by atoms with Crippen LogP contribution in [0.4, 0.5) is 11.4 Å². The van der Waals surface area contributed by atoms with Gasteiger partial charge in [0.05, 0.1) is 24.4 Å². The molecule has 1 aromatic carbocycles. The summed E-state index contributed by atoms with van der Waals surface area (Å²) < 4.78 is 7.61. The molecule has 0 bridgehead atoms. The number of amides is 1. The van der Waals surface area contributed by atoms with Gasteiger partial charge in [-0.1, -0.05) is 6.07 Å². The van der Waals surface area contributed by atoms with Crippen LogP contribution in [0.15, 0.2) is 54.7 Å². The van der Waals surface area contributed by atoms with E-state index in [0.29, 0.717) is 11.7 Å². The number of anilines is 2. The van der Waals surface area contributed by atoms with E-state index in [1.807, 2.05) is 48.7 Å². The van der Waals surface area contributed by atoms with E-state index < -0.39 is 0 Å². The molecule has 0 aliphatic carbocycles. The van der Waals surface area contributed by atoms with Crippen LogP contribution in [0.3, 0.4) is 0 Å². The molecule has 172 valence electrons. The van der Waals surface area contributed by atoms with Crippen LogP contribution in [0.25, 0.3) is 0 Å². The lowest BCUT2D eigenvalue weighted by Crippen LogP contribution is -2.29. The molecule has 3 aromatic rings. The van der Waals surface area contributed by atoms with E-state index in [-0.39, 0.29) is 18.0 Å². The van der Waals surface area contributed by atoms with E-state index in [2.05, 4.69) is 45.0 Å². The van der Waals surface area contributed by atoms with Crippen molar-refractivity contribution in [1.29, 1.82) is 0 Å². The normalized spacial score (nSPS) is 17.8. The number of ether oxygens (including phenoxy) is 1. The standard InChI is InChI=1S/C25H29N5O2S/c1-16-15-21(17(2)29(16)13-14-32-4)24-23(22-7-5-6-12-26-22)28-25(33)30(24)20-10-8-19(9-11-20)27-18(3)31/h5-12,15,23-24H,13-14H2,1-4H3,(H,27,31)(H,28,33)/t23-,24-/m1/s1. The van der Waals surface area contributed by atoms with E-state index >= 15 is 0 Å². The predicted molar refractivity (Wildman–Crippen MR) is 134 cm³/mol. The number of nitrogens with one attached hydrogen (secondary N) is 2. The quantitative estimate of drug-likeness (QED) is 0.510. The summed E-state index contributed by atoms with van der Waals surface area (Å²) in [5.74, 6) is -0.0994. The molecule has 2 aromatic heterocycles. The van der Waals surface area contributed by atoms with Gasteiger partial charge in [-0.3, -0.25) is 9.78 Å². The Bertz CT molecular complexity index is 1140. The van der Waals surface area contributed by atoms with Gasteiger partial charge in [0.2, 0.25) is 5.91 Å². The highest BCUT2D eigenvalue weighted by molar-refractivity contribution is 7.80. The number of rotatable bonds is 7. The van der Waals surface area contributed by atoms with E-state index in [0.717, 1.165) is 23.6 Å². The third kappa shape index (κ3) is 4.62. The Labute approximate surface area is 199 Å². The maximum absolute atomic E-state index is 11.4. The van der Waals surface area contributed by atoms with Gasteiger partial charge in [-0.15, -0.1) is 0 Å². The minimum Gasteiger partial charge on any atom is -0.383 e. The lowest BCUT2D eigenvalue weighted by Gasteiger charge is -2.28. The maximum atomic E-state index is 11.4. The fourth-order valence-electron chi connectivity index (χ4n) is 4.51. The SMILES string of the molecule is COCCn1c(C)cc([C@@H]2[C@@H](c3ccccn3)NC(=S)N2c2ccc(NC(C)=O)cc2)c1C. The second-order valence-corrected chi connectivity index (χ2v) is 8.58. The molecule has 1 aliphatic heterocycles. The van der Waals surface area contributed by atoms with Crippen LogP contribution in [-0.4, -0.2) is 34.3 Å². The van der Waals surface area contributed by atoms with E-state index in [4.69, 9.17) is 17.0 Å². The van der Waals surface area contributed by atoms with Crippen molar-refractivity contribution in [3.8, 4) is 0 Å². The Morgan fingerprint density at radius 3 is 2.61 bits per heavy atom. The summed E-state index contributed by atoms with van der Waals surface area (Å²) in [4.78, 5) is 18.2. The van der Waals surface area contributed by atoms with E-state index in [9.17, 15) is 4.79 Å². The maximum Gasteiger partial charge on any atom is 0.221 e. The number of carbonyl (C=O) groups excluding carboxylic acids is 1. The third-order valence-electron chi connectivity index (χ3n) is 6.01. The van der Waals surface area contributed by atoms with Crippen LogP contribution in [0, 0.1) is 13.8 Å². The second kappa shape index (κ2) is 9.72. The molecule has 2 atom stereocenters. The number of hydrogen-bond acceptors (Lipinski definition) is 4. The zero-order valence-corrected chi connectivity index (χ0v) is 20.1. The highest BCUT2D eigenvalue weighted by Crippen LogP contribution is 2.43. The first-order valence-corrected chi connectivity index (χ1v) is 11.4. The summed E-state index contributed by atoms with van der Waals surface area (Å²) in [6.07, 6.45) is 1.81. The molecule has 1 saturated heterocycles. The minimum atomic E-state index is -0.106. The molecule has 2 N–H and O–H groups in total. The molecule has 0 radical (unpaired) electrons. The molecule has 8 heteroatoms. The van der Waals surface area contributed by atoms with Gasteiger partial charge in [0.1, 0.15) is 0 Å². The number of hydrogen-bond donors (Lipinski definition) is 2. The number of nitrogens with zero attached hydrogens (tertiary/aromatic N) is 3. The van der Waals surface area contributed by atoms with Crippen molar-refractivity contribution in [2.24, 2.45) is 0 Å². The first kappa shape index (κ1) is 22.9. The monoisotopic (exact) mass is 463 g/mol. The molecule has 0 spiro atoms. The highest BCUT2D eigenvalue weighted by atomic mass is 32.1. The number of thiocarbonyl (C=S) groups is 1. The number of aromatic nitrogens is 2. The molecule has 1 fully saturated rings. The van der Waals surface area contributed by atoms with Crippen molar-refractivity contribution in [3.63, 3.8) is 0 Å². The lowest BCUT2D eigenvalue weighted by atomic mass is 9.96. The first-order chi connectivity index (χ1) is 15.9. The Morgan fingerprint density at radius 2 is 1.97 bits per heavy atom. The molecule has 7 nitrogen and oxygen atoms in total. The summed E-state index contributed by atoms with van der Waals surface area (Å²) in [6, 6.07) is 15.7. The van der Waals surface area contributed by atoms with Crippen molar-refractivity contribution < 1.29 is 9.53 Å². The molecule has 0 saturated carbocycles. The average molecular weight is 464 g/mol. The molecular formula is C25H29N5O2S. The smallest absolute Gasteiger partial charge is 0.221 e. The van der Waals surface area contributed by atoms with Gasteiger partial charge in [0.25, 0.3) is 0 Å². The van der Waals surface area contributed by atoms with Crippen molar-refractivity contribution in [2.45, 2.75) is 39.4 Å². The van der Waals surface area contributed by atoms with E-state index in [1.165, 1.54) is 23.9 Å². The van der Waals surface area contributed by atoms with Crippen LogP contribution in [-0.2, 0) is 16.1 Å². The lowest BCUT2D eigenvalue weighted by molar-refractivity contribution is -0.114. The van der Waals surface area contributed by atoms with Crippen molar-refractivity contribution in [3.05, 3.63) is 77.4 Å². The van der Waals surface area contributed by atoms with Crippen molar-refractivity contribution >= 4 is 34.6 Å². The molecule has 3 heterocycles. The number of aryl methyl sites for hydroxylation is 1. The van der Waals surface area contributed by atoms with Gasteiger partial charge in [0.15, 0.2) is 5.11 Å². The molecular weight excluding hydrogens is 434 g/mol. The number of pyridine rings is 1. The van der Waals surface area contributed by atoms with Crippen molar-refractivity contribution in [2.75, 3.05) is 23.9 Å². The van der Waals surface area contributed by atoms with Crippen LogP contribution in [0.5, 0.6) is 0 Å². The Balaban J connectivity index is 1.79. The van der Waals surface area contributed by atoms with Gasteiger partial charge in [-0.25, -0.2) is 0 Å². The fraction of sp³-hybridized carbons (Fsp3) is 0.320. The van der Waals surface area contributed by atoms with Gasteiger partial charge >= 0.3 is 0 Å². The van der Waals surface area contributed by atoms with Gasteiger partial charge in [0, 0.05) is 49.5 Å². The van der Waals surface area contributed by atoms with E-state index in [1.54, 1.807) is 7.11 Å². The summed E-state index contributed by atoms with van der Waals surface area (Å²) in [6.45, 7) is 7.20. The highest BCUT2D eigenvalue weighted by Gasteiger charge is 2.42. The second-order valence-electron chi connectivity index (χ2n) is 8.20. The third-order valence-corrected chi connectivity index (χ3v) is 6.33. The largest absolute Gasteiger partial charge is 0.383 e. The van der Waals surface area contributed by atoms with Crippen LogP contribution < -0.4 is 15.5 Å². The Kier molecular flexibility index (Phi) is 6.76. The van der Waals surface area contributed by atoms with Gasteiger partial charge in [-0.05, 0) is 74.1 Å². The number of carbonyl (C=O) groups is 1. The number of methoxy groups -OCH3 is 1. The van der Waals surface area contributed by atoms with Gasteiger partial charge in [-0.2, -0.15) is 0 Å². The summed E-state index contributed by atoms with van der Waals surface area (Å²) in [7, 11) is 1.72. The van der Waals surface area contributed by atoms with Crippen LogP contribution >= 0.6 is 12.2 Å². The average Bonchev–Trinajstić information content (AvgIpc) is 3.28. The molecule has 4 rings (SSSR count). The Hall–Kier alpha value is -3.23. The zero-order valence-electron chi connectivity index (χ0n) is 19.3. The fourth-order valence-corrected chi connectivity index (χ4v) is 4.86.